The molecule has 0 saturated carbocycles. The van der Waals surface area contributed by atoms with Crippen molar-refractivity contribution in [3.63, 3.8) is 0 Å². The lowest BCUT2D eigenvalue weighted by Gasteiger charge is -2.07. The van der Waals surface area contributed by atoms with Gasteiger partial charge in [-0.05, 0) is 50.1 Å². The van der Waals surface area contributed by atoms with Crippen LogP contribution in [0.4, 0.5) is 0 Å². The van der Waals surface area contributed by atoms with Crippen molar-refractivity contribution in [1.82, 2.24) is 19.8 Å². The van der Waals surface area contributed by atoms with Crippen molar-refractivity contribution in [2.75, 3.05) is 0 Å². The monoisotopic (exact) mass is 306 g/mol. The van der Waals surface area contributed by atoms with E-state index in [9.17, 15) is 0 Å². The summed E-state index contributed by atoms with van der Waals surface area (Å²) in [6, 6.07) is 5.63. The van der Waals surface area contributed by atoms with Crippen LogP contribution >= 0.6 is 23.2 Å². The highest BCUT2D eigenvalue weighted by Crippen LogP contribution is 2.27. The molecule has 4 nitrogen and oxygen atoms in total. The smallest absolute Gasteiger partial charge is 0.185 e. The van der Waals surface area contributed by atoms with Gasteiger partial charge in [0.2, 0.25) is 0 Å². The molecular weight excluding hydrogens is 295 g/mol. The molecule has 0 bridgehead atoms. The molecule has 0 unspecified atom stereocenters. The molecular formula is C14H12Cl2N4. The lowest BCUT2D eigenvalue weighted by atomic mass is 10.1. The number of benzene rings is 1. The van der Waals surface area contributed by atoms with Crippen LogP contribution in [0.5, 0.6) is 0 Å². The number of aryl methyl sites for hydroxylation is 2. The van der Waals surface area contributed by atoms with Gasteiger partial charge >= 0.3 is 0 Å². The van der Waals surface area contributed by atoms with Crippen molar-refractivity contribution >= 4 is 28.8 Å². The predicted molar refractivity (Wildman–Crippen MR) is 80.4 cm³/mol. The summed E-state index contributed by atoms with van der Waals surface area (Å²) in [6.07, 6.45) is 0. The molecule has 3 aromatic rings. The molecule has 0 aliphatic carbocycles. The first-order chi connectivity index (χ1) is 9.49. The van der Waals surface area contributed by atoms with Gasteiger partial charge in [0.25, 0.3) is 0 Å². The summed E-state index contributed by atoms with van der Waals surface area (Å²) in [4.78, 5) is 0. The van der Waals surface area contributed by atoms with Gasteiger partial charge in [-0.25, -0.2) is 0 Å². The summed E-state index contributed by atoms with van der Waals surface area (Å²) in [5.74, 6) is 0.666. The van der Waals surface area contributed by atoms with Crippen LogP contribution in [0.15, 0.2) is 18.2 Å². The number of fused-ring (bicyclic) bond motifs is 1. The van der Waals surface area contributed by atoms with E-state index < -0.39 is 0 Å². The minimum Gasteiger partial charge on any atom is -0.191 e. The van der Waals surface area contributed by atoms with Crippen LogP contribution in [0, 0.1) is 20.8 Å². The molecule has 0 N–H and O–H groups in total. The Labute approximate surface area is 126 Å². The van der Waals surface area contributed by atoms with Crippen molar-refractivity contribution in [3.8, 4) is 11.4 Å². The third-order valence-electron chi connectivity index (χ3n) is 3.47. The molecule has 0 saturated heterocycles. The predicted octanol–water partition coefficient (Wildman–Crippen LogP) is 4.02. The first-order valence-electron chi connectivity index (χ1n) is 6.13. The molecule has 0 spiro atoms. The van der Waals surface area contributed by atoms with Crippen molar-refractivity contribution in [2.45, 2.75) is 20.8 Å². The Morgan fingerprint density at radius 2 is 1.75 bits per heavy atom. The molecule has 3 rings (SSSR count). The van der Waals surface area contributed by atoms with Crippen LogP contribution in [0.1, 0.15) is 16.7 Å². The maximum Gasteiger partial charge on any atom is 0.185 e. The number of nitrogens with zero attached hydrogens (tertiary/aromatic N) is 4. The highest BCUT2D eigenvalue weighted by atomic mass is 35.5. The summed E-state index contributed by atoms with van der Waals surface area (Å²) >= 11 is 12.2. The van der Waals surface area contributed by atoms with Gasteiger partial charge in [-0.1, -0.05) is 23.2 Å². The first kappa shape index (κ1) is 13.3. The molecule has 0 amide bonds. The third kappa shape index (κ3) is 1.96. The summed E-state index contributed by atoms with van der Waals surface area (Å²) < 4.78 is 1.68. The summed E-state index contributed by atoms with van der Waals surface area (Å²) in [5, 5.41) is 14.0. The fourth-order valence-corrected chi connectivity index (χ4v) is 2.58. The fraction of sp³-hybridized carbons (Fsp3) is 0.214. The molecule has 0 atom stereocenters. The van der Waals surface area contributed by atoms with Gasteiger partial charge in [-0.2, -0.15) is 9.61 Å². The van der Waals surface area contributed by atoms with E-state index >= 15 is 0 Å². The molecule has 0 aliphatic rings. The second-order valence-corrected chi connectivity index (χ2v) is 5.55. The average Bonchev–Trinajstić information content (AvgIpc) is 2.80. The Kier molecular flexibility index (Phi) is 3.15. The quantitative estimate of drug-likeness (QED) is 0.682. The number of hydrogen-bond acceptors (Lipinski definition) is 3. The first-order valence-corrected chi connectivity index (χ1v) is 6.89. The second-order valence-electron chi connectivity index (χ2n) is 4.76. The topological polar surface area (TPSA) is 43.1 Å². The highest BCUT2D eigenvalue weighted by Gasteiger charge is 2.16. The minimum atomic E-state index is 0.461. The van der Waals surface area contributed by atoms with Gasteiger partial charge in [0.05, 0.1) is 0 Å². The number of rotatable bonds is 1. The molecule has 2 aromatic heterocycles. The number of halogens is 2. The van der Waals surface area contributed by atoms with E-state index in [0.717, 1.165) is 27.9 Å². The third-order valence-corrected chi connectivity index (χ3v) is 4.06. The van der Waals surface area contributed by atoms with E-state index in [1.807, 2.05) is 39.0 Å². The molecule has 1 aromatic carbocycles. The Balaban J connectivity index is 2.33. The van der Waals surface area contributed by atoms with E-state index in [4.69, 9.17) is 23.2 Å². The van der Waals surface area contributed by atoms with E-state index in [2.05, 4.69) is 15.3 Å². The van der Waals surface area contributed by atoms with Gasteiger partial charge in [-0.15, -0.1) is 10.2 Å². The fourth-order valence-electron chi connectivity index (χ4n) is 2.14. The minimum absolute atomic E-state index is 0.461. The van der Waals surface area contributed by atoms with E-state index in [1.54, 1.807) is 4.52 Å². The van der Waals surface area contributed by atoms with Crippen molar-refractivity contribution in [3.05, 3.63) is 45.1 Å². The average molecular weight is 307 g/mol. The van der Waals surface area contributed by atoms with E-state index in [0.29, 0.717) is 16.0 Å². The number of aromatic nitrogens is 4. The van der Waals surface area contributed by atoms with Crippen LogP contribution in [0.3, 0.4) is 0 Å². The molecule has 102 valence electrons. The van der Waals surface area contributed by atoms with Crippen LogP contribution in [-0.2, 0) is 0 Å². The van der Waals surface area contributed by atoms with Crippen molar-refractivity contribution < 1.29 is 0 Å². The van der Waals surface area contributed by atoms with E-state index in [-0.39, 0.29) is 0 Å². The molecule has 0 aliphatic heterocycles. The SMILES string of the molecule is Cc1cc(Cl)ccc1-c1nnc2c(C)c(C)c(Cl)nn12. The zero-order valence-corrected chi connectivity index (χ0v) is 12.8. The lowest BCUT2D eigenvalue weighted by molar-refractivity contribution is 0.918. The van der Waals surface area contributed by atoms with Crippen LogP contribution < -0.4 is 0 Å². The van der Waals surface area contributed by atoms with Crippen LogP contribution in [0.25, 0.3) is 17.0 Å². The zero-order chi connectivity index (χ0) is 14.4. The normalized spacial score (nSPS) is 11.2. The van der Waals surface area contributed by atoms with Crippen LogP contribution in [0.2, 0.25) is 10.2 Å². The summed E-state index contributed by atoms with van der Waals surface area (Å²) in [5.41, 5.74) is 4.58. The Morgan fingerprint density at radius 1 is 1.00 bits per heavy atom. The zero-order valence-electron chi connectivity index (χ0n) is 11.3. The number of hydrogen-bond donors (Lipinski definition) is 0. The van der Waals surface area contributed by atoms with Crippen LogP contribution in [-0.4, -0.2) is 19.8 Å². The second kappa shape index (κ2) is 4.72. The summed E-state index contributed by atoms with van der Waals surface area (Å²) in [6.45, 7) is 5.86. The maximum absolute atomic E-state index is 6.17. The van der Waals surface area contributed by atoms with Gasteiger partial charge in [0, 0.05) is 16.1 Å². The molecule has 0 radical (unpaired) electrons. The molecule has 0 fully saturated rings. The standard InChI is InChI=1S/C14H12Cl2N4/c1-7-6-10(15)4-5-11(7)14-18-17-13-9(3)8(2)12(16)19-20(13)14/h4-6H,1-3H3. The Bertz CT molecular complexity index is 824. The van der Waals surface area contributed by atoms with Gasteiger partial charge in [0.1, 0.15) is 0 Å². The van der Waals surface area contributed by atoms with E-state index in [1.165, 1.54) is 0 Å². The Morgan fingerprint density at radius 3 is 2.45 bits per heavy atom. The molecule has 6 heteroatoms. The lowest BCUT2D eigenvalue weighted by Crippen LogP contribution is -2.00. The Hall–Kier alpha value is -1.65. The van der Waals surface area contributed by atoms with Gasteiger partial charge < -0.3 is 0 Å². The highest BCUT2D eigenvalue weighted by molar-refractivity contribution is 6.30. The maximum atomic E-state index is 6.17. The van der Waals surface area contributed by atoms with Gasteiger partial charge in [0.15, 0.2) is 16.6 Å². The van der Waals surface area contributed by atoms with Crippen molar-refractivity contribution in [2.24, 2.45) is 0 Å². The molecule has 2 heterocycles. The summed E-state index contributed by atoms with van der Waals surface area (Å²) in [7, 11) is 0. The molecule has 20 heavy (non-hydrogen) atoms. The van der Waals surface area contributed by atoms with Gasteiger partial charge in [-0.3, -0.25) is 0 Å². The largest absolute Gasteiger partial charge is 0.191 e. The van der Waals surface area contributed by atoms with Crippen molar-refractivity contribution in [1.29, 1.82) is 0 Å².